The van der Waals surface area contributed by atoms with Gasteiger partial charge in [-0.3, -0.25) is 9.59 Å². The summed E-state index contributed by atoms with van der Waals surface area (Å²) in [6, 6.07) is 12.3. The number of benzene rings is 2. The molecule has 0 aliphatic heterocycles. The Bertz CT molecular complexity index is 1040. The minimum Gasteiger partial charge on any atom is -0.322 e. The molecule has 4 nitrogen and oxygen atoms in total. The number of rotatable bonds is 4. The monoisotopic (exact) mass is 390 g/mol. The van der Waals surface area contributed by atoms with Crippen molar-refractivity contribution in [2.75, 3.05) is 5.32 Å². The third kappa shape index (κ3) is 4.46. The fourth-order valence-electron chi connectivity index (χ4n) is 2.56. The molecule has 0 spiro atoms. The van der Waals surface area contributed by atoms with Gasteiger partial charge in [0.05, 0.1) is 12.1 Å². The van der Waals surface area contributed by atoms with Crippen LogP contribution in [0.25, 0.3) is 0 Å². The fourth-order valence-corrected chi connectivity index (χ4v) is 2.56. The maximum atomic E-state index is 13.0. The van der Waals surface area contributed by atoms with Crippen molar-refractivity contribution in [1.29, 1.82) is 0 Å². The molecule has 0 atom stereocenters. The van der Waals surface area contributed by atoms with Crippen molar-refractivity contribution < 1.29 is 22.4 Å². The molecular formula is C20H14F4N2O2. The zero-order valence-corrected chi connectivity index (χ0v) is 14.3. The zero-order valence-electron chi connectivity index (χ0n) is 14.3. The topological polar surface area (TPSA) is 51.1 Å². The number of alkyl halides is 3. The first-order valence-electron chi connectivity index (χ1n) is 8.16. The summed E-state index contributed by atoms with van der Waals surface area (Å²) < 4.78 is 52.1. The smallest absolute Gasteiger partial charge is 0.322 e. The van der Waals surface area contributed by atoms with E-state index in [1.807, 2.05) is 0 Å². The number of hydrogen-bond donors (Lipinski definition) is 1. The van der Waals surface area contributed by atoms with E-state index in [0.717, 1.165) is 24.3 Å². The molecular weight excluding hydrogens is 376 g/mol. The van der Waals surface area contributed by atoms with E-state index in [1.54, 1.807) is 0 Å². The van der Waals surface area contributed by atoms with Gasteiger partial charge in [-0.15, -0.1) is 0 Å². The molecule has 3 rings (SSSR count). The number of nitrogens with zero attached hydrogens (tertiary/aromatic N) is 1. The average Bonchev–Trinajstić information content (AvgIpc) is 2.65. The summed E-state index contributed by atoms with van der Waals surface area (Å²) in [5, 5.41) is 2.41. The summed E-state index contributed by atoms with van der Waals surface area (Å²) in [5.74, 6) is -1.14. The van der Waals surface area contributed by atoms with Gasteiger partial charge in [0.1, 0.15) is 11.4 Å². The van der Waals surface area contributed by atoms with Crippen molar-refractivity contribution in [2.24, 2.45) is 0 Å². The van der Waals surface area contributed by atoms with E-state index in [4.69, 9.17) is 0 Å². The van der Waals surface area contributed by atoms with E-state index < -0.39 is 29.0 Å². The molecule has 0 unspecified atom stereocenters. The van der Waals surface area contributed by atoms with Gasteiger partial charge in [-0.2, -0.15) is 13.2 Å². The van der Waals surface area contributed by atoms with Gasteiger partial charge in [0.15, 0.2) is 0 Å². The SMILES string of the molecule is O=C(Nc1ccc(C(F)(F)F)cc1)c1cccn(Cc2ccc(F)cc2)c1=O. The molecule has 0 aliphatic carbocycles. The van der Waals surface area contributed by atoms with E-state index in [-0.39, 0.29) is 17.8 Å². The van der Waals surface area contributed by atoms with Crippen LogP contribution in [-0.4, -0.2) is 10.5 Å². The van der Waals surface area contributed by atoms with Gasteiger partial charge in [0.25, 0.3) is 11.5 Å². The van der Waals surface area contributed by atoms with Crippen molar-refractivity contribution in [2.45, 2.75) is 12.7 Å². The van der Waals surface area contributed by atoms with Crippen molar-refractivity contribution in [1.82, 2.24) is 4.57 Å². The van der Waals surface area contributed by atoms with Crippen LogP contribution < -0.4 is 10.9 Å². The van der Waals surface area contributed by atoms with Gasteiger partial charge in [0.2, 0.25) is 0 Å². The Morgan fingerprint density at radius 3 is 2.21 bits per heavy atom. The molecule has 3 aromatic rings. The summed E-state index contributed by atoms with van der Waals surface area (Å²) in [4.78, 5) is 24.9. The number of aromatic nitrogens is 1. The van der Waals surface area contributed by atoms with Crippen LogP contribution in [0.15, 0.2) is 71.7 Å². The summed E-state index contributed by atoms with van der Waals surface area (Å²) in [6.45, 7) is 0.139. The number of nitrogens with one attached hydrogen (secondary N) is 1. The van der Waals surface area contributed by atoms with Crippen LogP contribution in [-0.2, 0) is 12.7 Å². The molecule has 0 aliphatic rings. The van der Waals surface area contributed by atoms with E-state index >= 15 is 0 Å². The van der Waals surface area contributed by atoms with Crippen molar-refractivity contribution in [3.05, 3.63) is 99.7 Å². The summed E-state index contributed by atoms with van der Waals surface area (Å²) in [7, 11) is 0. The summed E-state index contributed by atoms with van der Waals surface area (Å²) in [6.07, 6.45) is -2.99. The van der Waals surface area contributed by atoms with Crippen LogP contribution in [0.3, 0.4) is 0 Å². The molecule has 1 aromatic heterocycles. The molecule has 1 N–H and O–H groups in total. The molecule has 28 heavy (non-hydrogen) atoms. The predicted molar refractivity (Wildman–Crippen MR) is 95.6 cm³/mol. The van der Waals surface area contributed by atoms with Gasteiger partial charge in [-0.05, 0) is 54.1 Å². The number of carbonyl (C=O) groups is 1. The van der Waals surface area contributed by atoms with Gasteiger partial charge < -0.3 is 9.88 Å². The highest BCUT2D eigenvalue weighted by Crippen LogP contribution is 2.29. The standard InChI is InChI=1S/C20H14F4N2O2/c21-15-7-3-13(4-8-15)12-26-11-1-2-17(19(26)28)18(27)25-16-9-5-14(6-10-16)20(22,23)24/h1-11H,12H2,(H,25,27). The Morgan fingerprint density at radius 2 is 1.61 bits per heavy atom. The highest BCUT2D eigenvalue weighted by Gasteiger charge is 2.30. The van der Waals surface area contributed by atoms with Gasteiger partial charge in [-0.25, -0.2) is 4.39 Å². The van der Waals surface area contributed by atoms with Crippen LogP contribution >= 0.6 is 0 Å². The maximum absolute atomic E-state index is 13.0. The number of anilines is 1. The second-order valence-corrected chi connectivity index (χ2v) is 6.01. The Balaban J connectivity index is 1.78. The largest absolute Gasteiger partial charge is 0.416 e. The molecule has 144 valence electrons. The van der Waals surface area contributed by atoms with Crippen LogP contribution in [0.1, 0.15) is 21.5 Å². The molecule has 0 bridgehead atoms. The Morgan fingerprint density at radius 1 is 0.964 bits per heavy atom. The van der Waals surface area contributed by atoms with Gasteiger partial charge in [0, 0.05) is 11.9 Å². The first kappa shape index (κ1) is 19.3. The Kier molecular flexibility index (Phi) is 5.30. The number of hydrogen-bond acceptors (Lipinski definition) is 2. The minimum atomic E-state index is -4.48. The fraction of sp³-hybridized carbons (Fsp3) is 0.100. The normalized spacial score (nSPS) is 11.3. The third-order valence-electron chi connectivity index (χ3n) is 4.00. The van der Waals surface area contributed by atoms with Crippen LogP contribution in [0.2, 0.25) is 0 Å². The van der Waals surface area contributed by atoms with Crippen molar-refractivity contribution in [3.63, 3.8) is 0 Å². The second kappa shape index (κ2) is 7.67. The number of halogens is 4. The minimum absolute atomic E-state index is 0.131. The van der Waals surface area contributed by atoms with E-state index in [0.29, 0.717) is 5.56 Å². The number of pyridine rings is 1. The van der Waals surface area contributed by atoms with E-state index in [2.05, 4.69) is 5.32 Å². The molecule has 0 saturated carbocycles. The molecule has 8 heteroatoms. The lowest BCUT2D eigenvalue weighted by atomic mass is 10.2. The van der Waals surface area contributed by atoms with Crippen LogP contribution in [0, 0.1) is 5.82 Å². The van der Waals surface area contributed by atoms with Gasteiger partial charge >= 0.3 is 6.18 Å². The molecule has 0 radical (unpaired) electrons. The van der Waals surface area contributed by atoms with Crippen molar-refractivity contribution >= 4 is 11.6 Å². The molecule has 0 fully saturated rings. The second-order valence-electron chi connectivity index (χ2n) is 6.01. The van der Waals surface area contributed by atoms with Crippen LogP contribution in [0.4, 0.5) is 23.2 Å². The number of carbonyl (C=O) groups excluding carboxylic acids is 1. The quantitative estimate of drug-likeness (QED) is 0.675. The predicted octanol–water partition coefficient (Wildman–Crippen LogP) is 4.31. The Hall–Kier alpha value is -3.42. The summed E-state index contributed by atoms with van der Waals surface area (Å²) >= 11 is 0. The molecule has 1 amide bonds. The lowest BCUT2D eigenvalue weighted by Gasteiger charge is -2.10. The lowest BCUT2D eigenvalue weighted by molar-refractivity contribution is -0.137. The van der Waals surface area contributed by atoms with E-state index in [1.165, 1.54) is 47.2 Å². The summed E-state index contributed by atoms with van der Waals surface area (Å²) in [5.41, 5.74) is -0.775. The lowest BCUT2D eigenvalue weighted by Crippen LogP contribution is -2.29. The maximum Gasteiger partial charge on any atom is 0.416 e. The highest BCUT2D eigenvalue weighted by atomic mass is 19.4. The zero-order chi connectivity index (χ0) is 20.3. The molecule has 0 saturated heterocycles. The van der Waals surface area contributed by atoms with E-state index in [9.17, 15) is 27.2 Å². The third-order valence-corrected chi connectivity index (χ3v) is 4.00. The first-order chi connectivity index (χ1) is 13.2. The number of amides is 1. The molecule has 1 heterocycles. The highest BCUT2D eigenvalue weighted by molar-refractivity contribution is 6.03. The average molecular weight is 390 g/mol. The van der Waals surface area contributed by atoms with Crippen molar-refractivity contribution in [3.8, 4) is 0 Å². The first-order valence-corrected chi connectivity index (χ1v) is 8.16. The van der Waals surface area contributed by atoms with Gasteiger partial charge in [-0.1, -0.05) is 12.1 Å². The molecule has 2 aromatic carbocycles. The Labute approximate surface area is 157 Å². The van der Waals surface area contributed by atoms with Crippen LogP contribution in [0.5, 0.6) is 0 Å².